The SMILES string of the molecule is CNC1CCC(N(Cc2cc(-c3cccc(S(C)=O)c3)ccc2OC)C(=O)c2sc3c(F)ccc(F)c3c2Cl)CC1. The molecule has 1 heterocycles. The quantitative estimate of drug-likeness (QED) is 0.224. The third-order valence-electron chi connectivity index (χ3n) is 7.80. The van der Waals surface area contributed by atoms with E-state index in [0.29, 0.717) is 11.8 Å². The van der Waals surface area contributed by atoms with E-state index in [1.54, 1.807) is 18.3 Å². The van der Waals surface area contributed by atoms with Crippen molar-refractivity contribution >= 4 is 49.7 Å². The van der Waals surface area contributed by atoms with Crippen molar-refractivity contribution in [1.82, 2.24) is 10.2 Å². The van der Waals surface area contributed by atoms with Crippen LogP contribution in [-0.2, 0) is 17.3 Å². The van der Waals surface area contributed by atoms with Gasteiger partial charge in [0.2, 0.25) is 0 Å². The maximum atomic E-state index is 14.7. The van der Waals surface area contributed by atoms with Crippen molar-refractivity contribution in [3.05, 3.63) is 81.7 Å². The van der Waals surface area contributed by atoms with Crippen molar-refractivity contribution in [3.8, 4) is 16.9 Å². The highest BCUT2D eigenvalue weighted by Crippen LogP contribution is 2.40. The first-order valence-electron chi connectivity index (χ1n) is 13.4. The normalized spacial score (nSPS) is 17.9. The van der Waals surface area contributed by atoms with Crippen LogP contribution < -0.4 is 10.1 Å². The highest BCUT2D eigenvalue weighted by Gasteiger charge is 2.33. The molecule has 1 amide bonds. The molecule has 1 fully saturated rings. The van der Waals surface area contributed by atoms with Gasteiger partial charge in [-0.2, -0.15) is 0 Å². The van der Waals surface area contributed by atoms with Crippen LogP contribution in [0.15, 0.2) is 59.5 Å². The Labute approximate surface area is 249 Å². The standard InChI is InChI=1S/C31H31ClF2N2O3S2/c1-35-21-8-10-22(11-9-21)36(31(37)30-28(32)27-24(33)12-13-25(34)29(27)40-30)17-20-15-19(7-14-26(20)39-2)18-5-4-6-23(16-18)41(3)38/h4-7,12-16,21-22,35H,8-11,17H2,1-3H3. The number of nitrogens with zero attached hydrogens (tertiary/aromatic N) is 1. The number of ether oxygens (including phenoxy) is 1. The lowest BCUT2D eigenvalue weighted by molar-refractivity contribution is 0.0604. The van der Waals surface area contributed by atoms with Crippen molar-refractivity contribution in [2.75, 3.05) is 20.4 Å². The first-order valence-corrected chi connectivity index (χ1v) is 16.1. The number of halogens is 3. The Bertz CT molecular complexity index is 1620. The van der Waals surface area contributed by atoms with Gasteiger partial charge in [-0.15, -0.1) is 11.3 Å². The Morgan fingerprint density at radius 2 is 1.78 bits per heavy atom. The number of methoxy groups -OCH3 is 1. The number of benzene rings is 3. The van der Waals surface area contributed by atoms with Crippen LogP contribution in [0.25, 0.3) is 21.2 Å². The van der Waals surface area contributed by atoms with Crippen molar-refractivity contribution in [3.63, 3.8) is 0 Å². The van der Waals surface area contributed by atoms with Gasteiger partial charge in [-0.25, -0.2) is 8.78 Å². The van der Waals surface area contributed by atoms with Crippen LogP contribution in [0.3, 0.4) is 0 Å². The van der Waals surface area contributed by atoms with E-state index in [-0.39, 0.29) is 38.5 Å². The lowest BCUT2D eigenvalue weighted by Gasteiger charge is -2.37. The summed E-state index contributed by atoms with van der Waals surface area (Å²) in [5.41, 5.74) is 2.57. The second-order valence-electron chi connectivity index (χ2n) is 10.2. The van der Waals surface area contributed by atoms with Crippen molar-refractivity contribution in [1.29, 1.82) is 0 Å². The molecule has 1 aliphatic carbocycles. The third kappa shape index (κ3) is 6.04. The summed E-state index contributed by atoms with van der Waals surface area (Å²) in [7, 11) is 2.39. The lowest BCUT2D eigenvalue weighted by atomic mass is 9.89. The van der Waals surface area contributed by atoms with Crippen molar-refractivity contribution in [2.24, 2.45) is 0 Å². The van der Waals surface area contributed by atoms with E-state index in [1.165, 1.54) is 0 Å². The van der Waals surface area contributed by atoms with Crippen LogP contribution in [0.2, 0.25) is 5.02 Å². The predicted molar refractivity (Wildman–Crippen MR) is 162 cm³/mol. The number of carbonyl (C=O) groups is 1. The zero-order valence-electron chi connectivity index (χ0n) is 23.0. The monoisotopic (exact) mass is 616 g/mol. The van der Waals surface area contributed by atoms with Gasteiger partial charge in [0.05, 0.1) is 22.2 Å². The summed E-state index contributed by atoms with van der Waals surface area (Å²) < 4.78 is 47.1. The van der Waals surface area contributed by atoms with E-state index < -0.39 is 22.4 Å². The molecule has 4 aromatic rings. The van der Waals surface area contributed by atoms with Gasteiger partial charge >= 0.3 is 0 Å². The Kier molecular flexibility index (Phi) is 9.09. The molecule has 1 aliphatic rings. The van der Waals surface area contributed by atoms with Gasteiger partial charge in [-0.05, 0) is 80.3 Å². The molecule has 5 rings (SSSR count). The summed E-state index contributed by atoms with van der Waals surface area (Å²) >= 11 is 7.45. The van der Waals surface area contributed by atoms with Crippen LogP contribution in [0, 0.1) is 11.6 Å². The Balaban J connectivity index is 1.56. The van der Waals surface area contributed by atoms with Crippen LogP contribution in [0.4, 0.5) is 8.78 Å². The highest BCUT2D eigenvalue weighted by molar-refractivity contribution is 7.84. The van der Waals surface area contributed by atoms with Gasteiger partial charge in [-0.1, -0.05) is 29.8 Å². The van der Waals surface area contributed by atoms with Crippen LogP contribution in [0.5, 0.6) is 5.75 Å². The number of carbonyl (C=O) groups excluding carboxylic acids is 1. The van der Waals surface area contributed by atoms with E-state index in [4.69, 9.17) is 16.3 Å². The first-order chi connectivity index (χ1) is 19.7. The zero-order chi connectivity index (χ0) is 29.3. The summed E-state index contributed by atoms with van der Waals surface area (Å²) in [5.74, 6) is -1.02. The molecule has 5 nitrogen and oxygen atoms in total. The smallest absolute Gasteiger partial charge is 0.266 e. The molecule has 0 spiro atoms. The van der Waals surface area contributed by atoms with Gasteiger partial charge in [0.15, 0.2) is 0 Å². The molecular weight excluding hydrogens is 586 g/mol. The Morgan fingerprint density at radius 1 is 1.07 bits per heavy atom. The number of rotatable bonds is 8. The average Bonchev–Trinajstić information content (AvgIpc) is 3.35. The highest BCUT2D eigenvalue weighted by atomic mass is 35.5. The number of nitrogens with one attached hydrogen (secondary N) is 1. The second kappa shape index (κ2) is 12.6. The van der Waals surface area contributed by atoms with E-state index >= 15 is 0 Å². The summed E-state index contributed by atoms with van der Waals surface area (Å²) in [5, 5.41) is 3.19. The van der Waals surface area contributed by atoms with E-state index in [9.17, 15) is 17.8 Å². The third-order valence-corrected chi connectivity index (χ3v) is 10.4. The van der Waals surface area contributed by atoms with E-state index in [1.807, 2.05) is 49.5 Å². The fourth-order valence-corrected chi connectivity index (χ4v) is 7.60. The van der Waals surface area contributed by atoms with E-state index in [0.717, 1.165) is 70.7 Å². The zero-order valence-corrected chi connectivity index (χ0v) is 25.4. The number of hydrogen-bond donors (Lipinski definition) is 1. The predicted octanol–water partition coefficient (Wildman–Crippen LogP) is 7.42. The fraction of sp³-hybridized carbons (Fsp3) is 0.323. The Hall–Kier alpha value is -2.85. The molecule has 1 N–H and O–H groups in total. The van der Waals surface area contributed by atoms with Crippen LogP contribution >= 0.6 is 22.9 Å². The van der Waals surface area contributed by atoms with Crippen molar-refractivity contribution < 1.29 is 22.5 Å². The fourth-order valence-electron chi connectivity index (χ4n) is 5.53. The van der Waals surface area contributed by atoms with Gasteiger partial charge in [0.25, 0.3) is 5.91 Å². The molecule has 0 radical (unpaired) electrons. The molecular formula is C31H31ClF2N2O3S2. The number of fused-ring (bicyclic) bond motifs is 1. The maximum Gasteiger partial charge on any atom is 0.266 e. The number of amides is 1. The lowest BCUT2D eigenvalue weighted by Crippen LogP contribution is -2.44. The van der Waals surface area contributed by atoms with Crippen molar-refractivity contribution in [2.45, 2.75) is 49.2 Å². The van der Waals surface area contributed by atoms with Crippen LogP contribution in [0.1, 0.15) is 40.9 Å². The Morgan fingerprint density at radius 3 is 2.44 bits per heavy atom. The van der Waals surface area contributed by atoms with Gasteiger partial charge in [-0.3, -0.25) is 9.00 Å². The molecule has 41 heavy (non-hydrogen) atoms. The summed E-state index contributed by atoms with van der Waals surface area (Å²) in [6.07, 6.45) is 4.98. The topological polar surface area (TPSA) is 58.6 Å². The number of thiophene rings is 1. The molecule has 1 aromatic heterocycles. The average molecular weight is 617 g/mol. The molecule has 10 heteroatoms. The summed E-state index contributed by atoms with van der Waals surface area (Å²) in [6.45, 7) is 0.222. The molecule has 216 valence electrons. The summed E-state index contributed by atoms with van der Waals surface area (Å²) in [4.78, 5) is 16.8. The van der Waals surface area contributed by atoms with Gasteiger partial charge < -0.3 is 15.0 Å². The largest absolute Gasteiger partial charge is 0.496 e. The first kappa shape index (κ1) is 29.6. The molecule has 1 saturated carbocycles. The number of hydrogen-bond acceptors (Lipinski definition) is 5. The summed E-state index contributed by atoms with van der Waals surface area (Å²) in [6, 6.07) is 15.7. The van der Waals surface area contributed by atoms with Gasteiger partial charge in [0, 0.05) is 46.1 Å². The molecule has 0 bridgehead atoms. The van der Waals surface area contributed by atoms with Crippen LogP contribution in [-0.4, -0.2) is 47.5 Å². The minimum absolute atomic E-state index is 0.0324. The maximum absolute atomic E-state index is 14.7. The molecule has 1 unspecified atom stereocenters. The molecule has 0 saturated heterocycles. The van der Waals surface area contributed by atoms with E-state index in [2.05, 4.69) is 5.32 Å². The second-order valence-corrected chi connectivity index (χ2v) is 13.0. The van der Waals surface area contributed by atoms with Gasteiger partial charge in [0.1, 0.15) is 22.3 Å². The minimum Gasteiger partial charge on any atom is -0.496 e. The molecule has 3 aromatic carbocycles. The molecule has 0 aliphatic heterocycles. The molecule has 1 atom stereocenters. The minimum atomic E-state index is -1.13.